The maximum Gasteiger partial charge on any atom is 0.330 e. The summed E-state index contributed by atoms with van der Waals surface area (Å²) in [4.78, 5) is 10.8. The van der Waals surface area contributed by atoms with Crippen LogP contribution in [0.3, 0.4) is 0 Å². The van der Waals surface area contributed by atoms with Crippen LogP contribution in [0.15, 0.2) is 12.7 Å². The van der Waals surface area contributed by atoms with Gasteiger partial charge in [0, 0.05) is 11.5 Å². The van der Waals surface area contributed by atoms with Gasteiger partial charge in [0.05, 0.1) is 19.3 Å². The van der Waals surface area contributed by atoms with Crippen LogP contribution in [0.1, 0.15) is 27.7 Å². The molecule has 3 nitrogen and oxygen atoms in total. The van der Waals surface area contributed by atoms with Crippen molar-refractivity contribution in [1.29, 1.82) is 0 Å². The quantitative estimate of drug-likeness (QED) is 0.487. The molecule has 0 aliphatic rings. The number of rotatable bonds is 6. The Hall–Kier alpha value is -0.830. The van der Waals surface area contributed by atoms with E-state index in [2.05, 4.69) is 6.58 Å². The third-order valence-electron chi connectivity index (χ3n) is 1.58. The number of hydrogen-bond donors (Lipinski definition) is 0. The highest BCUT2D eigenvalue weighted by Crippen LogP contribution is 2.16. The van der Waals surface area contributed by atoms with Gasteiger partial charge in [0.1, 0.15) is 0 Å². The summed E-state index contributed by atoms with van der Waals surface area (Å²) < 4.78 is 10.4. The molecular weight excluding hydrogens is 180 g/mol. The lowest BCUT2D eigenvalue weighted by Gasteiger charge is -2.24. The van der Waals surface area contributed by atoms with Crippen molar-refractivity contribution < 1.29 is 14.3 Å². The zero-order valence-corrected chi connectivity index (χ0v) is 9.50. The summed E-state index contributed by atoms with van der Waals surface area (Å²) in [6.45, 7) is 12.2. The predicted octanol–water partition coefficient (Wildman–Crippen LogP) is 2.17. The third kappa shape index (κ3) is 6.66. The van der Waals surface area contributed by atoms with E-state index in [1.165, 1.54) is 6.08 Å². The van der Waals surface area contributed by atoms with E-state index in [9.17, 15) is 4.79 Å². The van der Waals surface area contributed by atoms with Crippen LogP contribution >= 0.6 is 0 Å². The van der Waals surface area contributed by atoms with Crippen LogP contribution in [0.5, 0.6) is 0 Å². The van der Waals surface area contributed by atoms with Crippen LogP contribution in [-0.2, 0) is 14.3 Å². The van der Waals surface area contributed by atoms with E-state index >= 15 is 0 Å². The highest BCUT2D eigenvalue weighted by molar-refractivity contribution is 5.81. The molecule has 14 heavy (non-hydrogen) atoms. The average Bonchev–Trinajstić information content (AvgIpc) is 2.11. The van der Waals surface area contributed by atoms with Crippen LogP contribution in [-0.4, -0.2) is 25.3 Å². The molecule has 0 bridgehead atoms. The number of carbonyl (C=O) groups is 1. The molecular formula is C11H20O3. The lowest BCUT2D eigenvalue weighted by molar-refractivity contribution is -0.142. The Balaban J connectivity index is 3.82. The van der Waals surface area contributed by atoms with Crippen molar-refractivity contribution in [3.05, 3.63) is 12.7 Å². The summed E-state index contributed by atoms with van der Waals surface area (Å²) in [5.41, 5.74) is -0.150. The predicted molar refractivity (Wildman–Crippen MR) is 56.0 cm³/mol. The van der Waals surface area contributed by atoms with Gasteiger partial charge in [-0.1, -0.05) is 20.4 Å². The van der Waals surface area contributed by atoms with Gasteiger partial charge in [-0.25, -0.2) is 4.79 Å². The molecule has 0 saturated carbocycles. The minimum absolute atomic E-state index is 0.150. The van der Waals surface area contributed by atoms with E-state index in [1.54, 1.807) is 0 Å². The van der Waals surface area contributed by atoms with Gasteiger partial charge in [-0.05, 0) is 13.8 Å². The molecule has 0 aromatic heterocycles. The molecule has 0 heterocycles. The minimum atomic E-state index is -0.386. The second kappa shape index (κ2) is 5.81. The lowest BCUT2D eigenvalue weighted by atomic mass is 9.96. The van der Waals surface area contributed by atoms with E-state index in [0.29, 0.717) is 13.2 Å². The first kappa shape index (κ1) is 13.2. The Bertz CT molecular complexity index is 195. The van der Waals surface area contributed by atoms with Crippen molar-refractivity contribution in [2.24, 2.45) is 5.41 Å². The molecule has 0 unspecified atom stereocenters. The van der Waals surface area contributed by atoms with Crippen molar-refractivity contribution in [3.63, 3.8) is 0 Å². The summed E-state index contributed by atoms with van der Waals surface area (Å²) in [6.07, 6.45) is 1.36. The largest absolute Gasteiger partial charge is 0.462 e. The SMILES string of the molecule is C=CC(=O)OCC(C)(C)COC(C)C. The van der Waals surface area contributed by atoms with Gasteiger partial charge in [-0.2, -0.15) is 0 Å². The van der Waals surface area contributed by atoms with Gasteiger partial charge in [0.2, 0.25) is 0 Å². The molecule has 0 aromatic carbocycles. The smallest absolute Gasteiger partial charge is 0.330 e. The van der Waals surface area contributed by atoms with Gasteiger partial charge >= 0.3 is 5.97 Å². The van der Waals surface area contributed by atoms with Crippen LogP contribution in [0.25, 0.3) is 0 Å². The molecule has 0 atom stereocenters. The number of ether oxygens (including phenoxy) is 2. The minimum Gasteiger partial charge on any atom is -0.462 e. The molecule has 0 radical (unpaired) electrons. The fourth-order valence-corrected chi connectivity index (χ4v) is 0.759. The summed E-state index contributed by atoms with van der Waals surface area (Å²) in [5.74, 6) is -0.386. The maximum absolute atomic E-state index is 10.8. The molecule has 0 N–H and O–H groups in total. The molecule has 0 aliphatic heterocycles. The second-order valence-corrected chi connectivity index (χ2v) is 4.34. The molecule has 0 spiro atoms. The fraction of sp³-hybridized carbons (Fsp3) is 0.727. The van der Waals surface area contributed by atoms with Gasteiger partial charge in [-0.15, -0.1) is 0 Å². The van der Waals surface area contributed by atoms with E-state index in [1.807, 2.05) is 27.7 Å². The normalized spacial score (nSPS) is 11.5. The zero-order valence-electron chi connectivity index (χ0n) is 9.50. The first-order valence-electron chi connectivity index (χ1n) is 4.78. The summed E-state index contributed by atoms with van der Waals surface area (Å²) in [7, 11) is 0. The number of esters is 1. The highest BCUT2D eigenvalue weighted by atomic mass is 16.5. The summed E-state index contributed by atoms with van der Waals surface area (Å²) in [5, 5.41) is 0. The Morgan fingerprint density at radius 1 is 1.43 bits per heavy atom. The molecule has 0 amide bonds. The Morgan fingerprint density at radius 3 is 2.43 bits per heavy atom. The maximum atomic E-state index is 10.8. The van der Waals surface area contributed by atoms with Crippen LogP contribution in [0.4, 0.5) is 0 Å². The molecule has 82 valence electrons. The van der Waals surface area contributed by atoms with E-state index < -0.39 is 0 Å². The topological polar surface area (TPSA) is 35.5 Å². The van der Waals surface area contributed by atoms with Crippen molar-refractivity contribution in [3.8, 4) is 0 Å². The lowest BCUT2D eigenvalue weighted by Crippen LogP contribution is -2.28. The Kier molecular flexibility index (Phi) is 5.46. The Labute approximate surface area is 86.1 Å². The van der Waals surface area contributed by atoms with Crippen molar-refractivity contribution in [2.45, 2.75) is 33.8 Å². The van der Waals surface area contributed by atoms with Crippen molar-refractivity contribution in [2.75, 3.05) is 13.2 Å². The van der Waals surface area contributed by atoms with Crippen LogP contribution < -0.4 is 0 Å². The first-order chi connectivity index (χ1) is 6.37. The number of carbonyl (C=O) groups excluding carboxylic acids is 1. The Morgan fingerprint density at radius 2 is 2.00 bits per heavy atom. The standard InChI is InChI=1S/C11H20O3/c1-6-10(12)14-8-11(4,5)7-13-9(2)3/h6,9H,1,7-8H2,2-5H3. The molecule has 0 saturated heterocycles. The fourth-order valence-electron chi connectivity index (χ4n) is 0.759. The molecule has 0 fully saturated rings. The van der Waals surface area contributed by atoms with Gasteiger partial charge in [0.25, 0.3) is 0 Å². The first-order valence-corrected chi connectivity index (χ1v) is 4.78. The average molecular weight is 200 g/mol. The van der Waals surface area contributed by atoms with Gasteiger partial charge < -0.3 is 9.47 Å². The van der Waals surface area contributed by atoms with E-state index in [-0.39, 0.29) is 17.5 Å². The van der Waals surface area contributed by atoms with Gasteiger partial charge in [0.15, 0.2) is 0 Å². The second-order valence-electron chi connectivity index (χ2n) is 4.34. The highest BCUT2D eigenvalue weighted by Gasteiger charge is 2.20. The molecule has 0 aromatic rings. The van der Waals surface area contributed by atoms with Crippen LogP contribution in [0.2, 0.25) is 0 Å². The zero-order chi connectivity index (χ0) is 11.2. The summed E-state index contributed by atoms with van der Waals surface area (Å²) in [6, 6.07) is 0. The van der Waals surface area contributed by atoms with Crippen LogP contribution in [0, 0.1) is 5.41 Å². The van der Waals surface area contributed by atoms with E-state index in [0.717, 1.165) is 0 Å². The molecule has 0 rings (SSSR count). The summed E-state index contributed by atoms with van der Waals surface area (Å²) >= 11 is 0. The third-order valence-corrected chi connectivity index (χ3v) is 1.58. The monoisotopic (exact) mass is 200 g/mol. The molecule has 3 heteroatoms. The van der Waals surface area contributed by atoms with Crippen molar-refractivity contribution in [1.82, 2.24) is 0 Å². The molecule has 0 aliphatic carbocycles. The van der Waals surface area contributed by atoms with E-state index in [4.69, 9.17) is 9.47 Å². The van der Waals surface area contributed by atoms with Gasteiger partial charge in [-0.3, -0.25) is 0 Å². The van der Waals surface area contributed by atoms with Crippen molar-refractivity contribution >= 4 is 5.97 Å². The number of hydrogen-bond acceptors (Lipinski definition) is 3.